The van der Waals surface area contributed by atoms with E-state index in [4.69, 9.17) is 0 Å². The molecule has 1 aromatic carbocycles. The number of rotatable bonds is 5. The second kappa shape index (κ2) is 5.50. The van der Waals surface area contributed by atoms with Gasteiger partial charge < -0.3 is 15.4 Å². The van der Waals surface area contributed by atoms with Crippen LogP contribution in [0.5, 0.6) is 5.75 Å². The van der Waals surface area contributed by atoms with Gasteiger partial charge in [0.2, 0.25) is 0 Å². The maximum atomic E-state index is 9.19. The second-order valence-corrected chi connectivity index (χ2v) is 4.19. The molecular formula is C13H17N3O. The zero-order valence-corrected chi connectivity index (χ0v) is 9.85. The summed E-state index contributed by atoms with van der Waals surface area (Å²) in [6, 6.07) is 7.69. The van der Waals surface area contributed by atoms with E-state index in [0.29, 0.717) is 11.8 Å². The number of H-pyrrole nitrogens is 1. The number of phenols is 1. The van der Waals surface area contributed by atoms with E-state index in [2.05, 4.69) is 22.2 Å². The first-order chi connectivity index (χ1) is 8.24. The molecule has 0 amide bonds. The topological polar surface area (TPSA) is 60.9 Å². The van der Waals surface area contributed by atoms with Crippen LogP contribution in [-0.4, -0.2) is 21.1 Å². The highest BCUT2D eigenvalue weighted by atomic mass is 16.3. The monoisotopic (exact) mass is 231 g/mol. The Kier molecular flexibility index (Phi) is 3.77. The van der Waals surface area contributed by atoms with Crippen molar-refractivity contribution in [3.05, 3.63) is 48.0 Å². The first kappa shape index (κ1) is 11.7. The van der Waals surface area contributed by atoms with Gasteiger partial charge in [-0.1, -0.05) is 12.1 Å². The lowest BCUT2D eigenvalue weighted by Gasteiger charge is -2.12. The van der Waals surface area contributed by atoms with Crippen LogP contribution in [-0.2, 0) is 13.0 Å². The van der Waals surface area contributed by atoms with E-state index in [1.54, 1.807) is 18.3 Å². The Morgan fingerprint density at radius 2 is 2.12 bits per heavy atom. The van der Waals surface area contributed by atoms with E-state index in [0.717, 1.165) is 18.8 Å². The summed E-state index contributed by atoms with van der Waals surface area (Å²) in [5, 5.41) is 12.6. The van der Waals surface area contributed by atoms with Gasteiger partial charge in [-0.3, -0.25) is 0 Å². The van der Waals surface area contributed by atoms with Crippen LogP contribution in [0, 0.1) is 0 Å². The number of aromatic hydroxyl groups is 1. The number of aromatic amines is 1. The summed E-state index contributed by atoms with van der Waals surface area (Å²) >= 11 is 0. The highest BCUT2D eigenvalue weighted by Crippen LogP contribution is 2.11. The van der Waals surface area contributed by atoms with Crippen LogP contribution in [0.15, 0.2) is 36.7 Å². The molecular weight excluding hydrogens is 214 g/mol. The maximum absolute atomic E-state index is 9.19. The minimum atomic E-state index is 0.310. The average molecular weight is 231 g/mol. The summed E-state index contributed by atoms with van der Waals surface area (Å²) in [4.78, 5) is 7.21. The summed E-state index contributed by atoms with van der Waals surface area (Å²) in [7, 11) is 0. The third kappa shape index (κ3) is 3.60. The minimum absolute atomic E-state index is 0.310. The lowest BCUT2D eigenvalue weighted by molar-refractivity contribution is 0.474. The SMILES string of the molecule is C[C@@H](Cc1ccc(O)cc1)NCc1ncc[nH]1. The van der Waals surface area contributed by atoms with Gasteiger partial charge in [0.25, 0.3) is 0 Å². The first-order valence-electron chi connectivity index (χ1n) is 5.73. The highest BCUT2D eigenvalue weighted by Gasteiger charge is 2.04. The van der Waals surface area contributed by atoms with Gasteiger partial charge in [0, 0.05) is 18.4 Å². The zero-order valence-electron chi connectivity index (χ0n) is 9.85. The molecule has 4 nitrogen and oxygen atoms in total. The summed E-state index contributed by atoms with van der Waals surface area (Å²) in [6.45, 7) is 2.88. The van der Waals surface area contributed by atoms with E-state index in [9.17, 15) is 5.11 Å². The molecule has 2 rings (SSSR count). The number of nitrogens with one attached hydrogen (secondary N) is 2. The largest absolute Gasteiger partial charge is 0.508 e. The molecule has 17 heavy (non-hydrogen) atoms. The molecule has 3 N–H and O–H groups in total. The molecule has 0 bridgehead atoms. The normalized spacial score (nSPS) is 12.5. The van der Waals surface area contributed by atoms with Crippen molar-refractivity contribution >= 4 is 0 Å². The molecule has 1 heterocycles. The van der Waals surface area contributed by atoms with Gasteiger partial charge in [0.1, 0.15) is 11.6 Å². The van der Waals surface area contributed by atoms with Crippen molar-refractivity contribution in [1.82, 2.24) is 15.3 Å². The Morgan fingerprint density at radius 3 is 2.76 bits per heavy atom. The fraction of sp³-hybridized carbons (Fsp3) is 0.308. The average Bonchev–Trinajstić information content (AvgIpc) is 2.83. The van der Waals surface area contributed by atoms with Crippen LogP contribution in [0.25, 0.3) is 0 Å². The van der Waals surface area contributed by atoms with Crippen LogP contribution < -0.4 is 5.32 Å². The molecule has 1 atom stereocenters. The zero-order chi connectivity index (χ0) is 12.1. The Balaban J connectivity index is 1.80. The Bertz CT molecular complexity index is 436. The van der Waals surface area contributed by atoms with Crippen molar-refractivity contribution in [3.63, 3.8) is 0 Å². The van der Waals surface area contributed by atoms with Gasteiger partial charge in [-0.2, -0.15) is 0 Å². The van der Waals surface area contributed by atoms with E-state index >= 15 is 0 Å². The van der Waals surface area contributed by atoms with E-state index in [1.807, 2.05) is 18.3 Å². The molecule has 0 aliphatic heterocycles. The van der Waals surface area contributed by atoms with E-state index < -0.39 is 0 Å². The molecule has 0 radical (unpaired) electrons. The third-order valence-electron chi connectivity index (χ3n) is 2.65. The molecule has 0 saturated carbocycles. The van der Waals surface area contributed by atoms with Crippen LogP contribution in [0.2, 0.25) is 0 Å². The van der Waals surface area contributed by atoms with E-state index in [-0.39, 0.29) is 0 Å². The van der Waals surface area contributed by atoms with Crippen molar-refractivity contribution in [2.45, 2.75) is 25.9 Å². The van der Waals surface area contributed by atoms with Crippen LogP contribution in [0.3, 0.4) is 0 Å². The van der Waals surface area contributed by atoms with Crippen LogP contribution >= 0.6 is 0 Å². The number of hydrogen-bond donors (Lipinski definition) is 3. The fourth-order valence-electron chi connectivity index (χ4n) is 1.72. The van der Waals surface area contributed by atoms with Gasteiger partial charge >= 0.3 is 0 Å². The molecule has 0 aliphatic rings. The molecule has 1 aromatic heterocycles. The van der Waals surface area contributed by atoms with Crippen molar-refractivity contribution < 1.29 is 5.11 Å². The maximum Gasteiger partial charge on any atom is 0.120 e. The Labute approximate surface area is 101 Å². The first-order valence-corrected chi connectivity index (χ1v) is 5.73. The number of hydrogen-bond acceptors (Lipinski definition) is 3. The predicted octanol–water partition coefficient (Wildman–Crippen LogP) is 1.84. The van der Waals surface area contributed by atoms with Gasteiger partial charge in [-0.25, -0.2) is 4.98 Å². The summed E-state index contributed by atoms with van der Waals surface area (Å²) in [6.07, 6.45) is 4.50. The summed E-state index contributed by atoms with van der Waals surface area (Å²) in [5.41, 5.74) is 1.21. The van der Waals surface area contributed by atoms with Gasteiger partial charge in [-0.15, -0.1) is 0 Å². The van der Waals surface area contributed by atoms with Crippen LogP contribution in [0.4, 0.5) is 0 Å². The fourth-order valence-corrected chi connectivity index (χ4v) is 1.72. The number of nitrogens with zero attached hydrogens (tertiary/aromatic N) is 1. The molecule has 90 valence electrons. The Hall–Kier alpha value is -1.81. The van der Waals surface area contributed by atoms with Crippen LogP contribution in [0.1, 0.15) is 18.3 Å². The van der Waals surface area contributed by atoms with Gasteiger partial charge in [0.15, 0.2) is 0 Å². The molecule has 0 aliphatic carbocycles. The predicted molar refractivity (Wildman–Crippen MR) is 66.7 cm³/mol. The lowest BCUT2D eigenvalue weighted by Crippen LogP contribution is -2.27. The quantitative estimate of drug-likeness (QED) is 0.735. The minimum Gasteiger partial charge on any atom is -0.508 e. The van der Waals surface area contributed by atoms with Crippen molar-refractivity contribution in [2.75, 3.05) is 0 Å². The van der Waals surface area contributed by atoms with E-state index in [1.165, 1.54) is 5.56 Å². The number of aromatic nitrogens is 2. The molecule has 0 fully saturated rings. The number of imidazole rings is 1. The molecule has 0 saturated heterocycles. The molecule has 4 heteroatoms. The molecule has 0 unspecified atom stereocenters. The Morgan fingerprint density at radius 1 is 1.35 bits per heavy atom. The standard InChI is InChI=1S/C13H17N3O/c1-10(16-9-13-14-6-7-15-13)8-11-2-4-12(17)5-3-11/h2-7,10,16-17H,8-9H2,1H3,(H,14,15)/t10-/m0/s1. The van der Waals surface area contributed by atoms with Crippen molar-refractivity contribution in [1.29, 1.82) is 0 Å². The third-order valence-corrected chi connectivity index (χ3v) is 2.65. The number of phenolic OH excluding ortho intramolecular Hbond substituents is 1. The molecule has 0 spiro atoms. The second-order valence-electron chi connectivity index (χ2n) is 4.19. The summed E-state index contributed by atoms with van der Waals surface area (Å²) < 4.78 is 0. The van der Waals surface area contributed by atoms with Gasteiger partial charge in [-0.05, 0) is 31.0 Å². The number of benzene rings is 1. The summed E-state index contributed by atoms with van der Waals surface area (Å²) in [5.74, 6) is 1.26. The molecule has 2 aromatic rings. The van der Waals surface area contributed by atoms with Crippen molar-refractivity contribution in [2.24, 2.45) is 0 Å². The lowest BCUT2D eigenvalue weighted by atomic mass is 10.1. The highest BCUT2D eigenvalue weighted by molar-refractivity contribution is 5.26. The van der Waals surface area contributed by atoms with Gasteiger partial charge in [0.05, 0.1) is 6.54 Å². The van der Waals surface area contributed by atoms with Crippen molar-refractivity contribution in [3.8, 4) is 5.75 Å². The smallest absolute Gasteiger partial charge is 0.120 e.